The number of pyridine rings is 1. The lowest BCUT2D eigenvalue weighted by Crippen LogP contribution is -2.12. The van der Waals surface area contributed by atoms with Gasteiger partial charge in [-0.3, -0.25) is 4.72 Å². The summed E-state index contributed by atoms with van der Waals surface area (Å²) in [7, 11) is -3.67. The van der Waals surface area contributed by atoms with Gasteiger partial charge in [0.2, 0.25) is 0 Å². The SMILES string of the molecule is Cc1ccc(S(=O)(=O)Nc2cccc(C=CC(=O)O)n2)s1. The first kappa shape index (κ1) is 15.2. The summed E-state index contributed by atoms with van der Waals surface area (Å²) in [5.74, 6) is -0.967. The van der Waals surface area contributed by atoms with Crippen LogP contribution < -0.4 is 4.72 Å². The Kier molecular flexibility index (Phi) is 4.39. The maximum atomic E-state index is 12.1. The molecule has 0 atom stereocenters. The molecule has 0 amide bonds. The van der Waals surface area contributed by atoms with Crippen LogP contribution in [0, 0.1) is 6.92 Å². The zero-order valence-corrected chi connectivity index (χ0v) is 12.6. The van der Waals surface area contributed by atoms with Crippen molar-refractivity contribution in [3.05, 3.63) is 47.0 Å². The van der Waals surface area contributed by atoms with Crippen LogP contribution in [0.1, 0.15) is 10.6 Å². The van der Waals surface area contributed by atoms with Gasteiger partial charge in [-0.25, -0.2) is 18.2 Å². The number of anilines is 1. The average molecular weight is 324 g/mol. The van der Waals surface area contributed by atoms with Gasteiger partial charge in [0.25, 0.3) is 10.0 Å². The van der Waals surface area contributed by atoms with Crippen molar-refractivity contribution in [1.29, 1.82) is 0 Å². The molecule has 0 aromatic carbocycles. The summed E-state index contributed by atoms with van der Waals surface area (Å²) >= 11 is 1.16. The highest BCUT2D eigenvalue weighted by atomic mass is 32.2. The monoisotopic (exact) mass is 324 g/mol. The van der Waals surface area contributed by atoms with Crippen molar-refractivity contribution >= 4 is 39.2 Å². The Balaban J connectivity index is 2.23. The highest BCUT2D eigenvalue weighted by molar-refractivity contribution is 7.94. The molecule has 2 N–H and O–H groups in total. The Morgan fingerprint density at radius 1 is 1.33 bits per heavy atom. The third-order valence-corrected chi connectivity index (χ3v) is 5.23. The largest absolute Gasteiger partial charge is 0.478 e. The minimum absolute atomic E-state index is 0.133. The van der Waals surface area contributed by atoms with Crippen LogP contribution in [0.4, 0.5) is 5.82 Å². The first-order valence-electron chi connectivity index (χ1n) is 5.84. The number of hydrogen-bond donors (Lipinski definition) is 2. The number of hydrogen-bond acceptors (Lipinski definition) is 5. The van der Waals surface area contributed by atoms with Crippen LogP contribution in [0.5, 0.6) is 0 Å². The lowest BCUT2D eigenvalue weighted by Gasteiger charge is -2.05. The van der Waals surface area contributed by atoms with Gasteiger partial charge in [0.05, 0.1) is 5.69 Å². The summed E-state index contributed by atoms with van der Waals surface area (Å²) in [6, 6.07) is 7.91. The highest BCUT2D eigenvalue weighted by Crippen LogP contribution is 2.22. The molecule has 2 heterocycles. The maximum Gasteiger partial charge on any atom is 0.328 e. The molecular formula is C13H12N2O4S2. The molecule has 0 bridgehead atoms. The Labute approximate surface area is 125 Å². The molecule has 0 aliphatic heterocycles. The van der Waals surface area contributed by atoms with E-state index in [2.05, 4.69) is 9.71 Å². The molecule has 8 heteroatoms. The van der Waals surface area contributed by atoms with Crippen molar-refractivity contribution in [3.8, 4) is 0 Å². The van der Waals surface area contributed by atoms with Crippen molar-refractivity contribution in [2.45, 2.75) is 11.1 Å². The number of thiophene rings is 1. The minimum atomic E-state index is -3.67. The molecule has 0 unspecified atom stereocenters. The van der Waals surface area contributed by atoms with Gasteiger partial charge in [0.1, 0.15) is 10.0 Å². The zero-order chi connectivity index (χ0) is 15.5. The number of nitrogens with one attached hydrogen (secondary N) is 1. The fraction of sp³-hybridized carbons (Fsp3) is 0.0769. The summed E-state index contributed by atoms with van der Waals surface area (Å²) in [6.45, 7) is 1.82. The Hall–Kier alpha value is -2.19. The lowest BCUT2D eigenvalue weighted by atomic mass is 10.3. The number of aryl methyl sites for hydroxylation is 1. The van der Waals surface area contributed by atoms with Gasteiger partial charge in [0.15, 0.2) is 0 Å². The summed E-state index contributed by atoms with van der Waals surface area (Å²) in [4.78, 5) is 15.4. The van der Waals surface area contributed by atoms with E-state index in [1.54, 1.807) is 18.2 Å². The molecule has 2 aromatic rings. The Morgan fingerprint density at radius 3 is 2.71 bits per heavy atom. The number of nitrogens with zero attached hydrogens (tertiary/aromatic N) is 1. The van der Waals surface area contributed by atoms with Crippen molar-refractivity contribution in [1.82, 2.24) is 4.98 Å². The molecule has 6 nitrogen and oxygen atoms in total. The van der Waals surface area contributed by atoms with Crippen molar-refractivity contribution < 1.29 is 18.3 Å². The quantitative estimate of drug-likeness (QED) is 0.823. The highest BCUT2D eigenvalue weighted by Gasteiger charge is 2.16. The number of carboxylic acids is 1. The topological polar surface area (TPSA) is 96.4 Å². The fourth-order valence-electron chi connectivity index (χ4n) is 1.50. The van der Waals surface area contributed by atoms with Crippen molar-refractivity contribution in [2.75, 3.05) is 4.72 Å². The van der Waals surface area contributed by atoms with E-state index in [9.17, 15) is 13.2 Å². The molecule has 0 fully saturated rings. The summed E-state index contributed by atoms with van der Waals surface area (Å²) in [5, 5.41) is 8.56. The van der Waals surface area contributed by atoms with Gasteiger partial charge in [-0.05, 0) is 37.3 Å². The van der Waals surface area contributed by atoms with Crippen molar-refractivity contribution in [2.24, 2.45) is 0 Å². The second kappa shape index (κ2) is 6.06. The Morgan fingerprint density at radius 2 is 2.10 bits per heavy atom. The molecule has 110 valence electrons. The van der Waals surface area contributed by atoms with E-state index in [-0.39, 0.29) is 10.0 Å². The van der Waals surface area contributed by atoms with Gasteiger partial charge in [-0.1, -0.05) is 6.07 Å². The molecule has 0 aliphatic rings. The number of carboxylic acid groups (broad SMARTS) is 1. The fourth-order valence-corrected chi connectivity index (χ4v) is 3.79. The van der Waals surface area contributed by atoms with Crippen LogP contribution in [-0.2, 0) is 14.8 Å². The molecule has 21 heavy (non-hydrogen) atoms. The average Bonchev–Trinajstić information content (AvgIpc) is 2.84. The molecule has 0 saturated heterocycles. The second-order valence-corrected chi connectivity index (χ2v) is 7.29. The van der Waals surface area contributed by atoms with E-state index in [1.807, 2.05) is 6.92 Å². The predicted octanol–water partition coefficient (Wildman–Crippen LogP) is 2.35. The molecule has 0 radical (unpaired) electrons. The van der Waals surface area contributed by atoms with Crippen LogP contribution in [0.15, 0.2) is 40.6 Å². The molecule has 0 saturated carbocycles. The zero-order valence-electron chi connectivity index (χ0n) is 11.0. The molecular weight excluding hydrogens is 312 g/mol. The summed E-state index contributed by atoms with van der Waals surface area (Å²) in [6.07, 6.45) is 2.22. The first-order chi connectivity index (χ1) is 9.87. The smallest absolute Gasteiger partial charge is 0.328 e. The van der Waals surface area contributed by atoms with Crippen molar-refractivity contribution in [3.63, 3.8) is 0 Å². The van der Waals surface area contributed by atoms with Crippen LogP contribution >= 0.6 is 11.3 Å². The number of rotatable bonds is 5. The third-order valence-electron chi connectivity index (χ3n) is 2.39. The van der Waals surface area contributed by atoms with E-state index < -0.39 is 16.0 Å². The van der Waals surface area contributed by atoms with E-state index in [1.165, 1.54) is 18.2 Å². The van der Waals surface area contributed by atoms with E-state index >= 15 is 0 Å². The number of aromatic nitrogens is 1. The molecule has 2 aromatic heterocycles. The third kappa shape index (κ3) is 4.14. The molecule has 2 rings (SSSR count). The predicted molar refractivity (Wildman–Crippen MR) is 80.8 cm³/mol. The molecule has 0 spiro atoms. The lowest BCUT2D eigenvalue weighted by molar-refractivity contribution is -0.131. The van der Waals surface area contributed by atoms with Gasteiger partial charge in [-0.2, -0.15) is 0 Å². The number of carbonyl (C=O) groups is 1. The summed E-state index contributed by atoms with van der Waals surface area (Å²) in [5.41, 5.74) is 0.347. The van der Waals surface area contributed by atoms with Gasteiger partial charge < -0.3 is 5.11 Å². The summed E-state index contributed by atoms with van der Waals surface area (Å²) < 4.78 is 26.8. The Bertz CT molecular complexity index is 794. The van der Waals surface area contributed by atoms with Crippen LogP contribution in [0.3, 0.4) is 0 Å². The minimum Gasteiger partial charge on any atom is -0.478 e. The van der Waals surface area contributed by atoms with E-state index in [4.69, 9.17) is 5.11 Å². The van der Waals surface area contributed by atoms with Gasteiger partial charge in [0, 0.05) is 11.0 Å². The van der Waals surface area contributed by atoms with Gasteiger partial charge in [-0.15, -0.1) is 11.3 Å². The second-order valence-electron chi connectivity index (χ2n) is 4.09. The van der Waals surface area contributed by atoms with E-state index in [0.717, 1.165) is 22.3 Å². The van der Waals surface area contributed by atoms with Crippen LogP contribution in [-0.4, -0.2) is 24.5 Å². The maximum absolute atomic E-state index is 12.1. The number of sulfonamides is 1. The standard InChI is InChI=1S/C13H12N2O4S2/c1-9-5-8-13(20-9)21(18,19)15-11-4-2-3-10(14-11)6-7-12(16)17/h2-8H,1H3,(H,14,15)(H,16,17). The molecule has 0 aliphatic carbocycles. The number of aliphatic carboxylic acids is 1. The normalized spacial score (nSPS) is 11.7. The first-order valence-corrected chi connectivity index (χ1v) is 8.14. The van der Waals surface area contributed by atoms with Crippen LogP contribution in [0.25, 0.3) is 6.08 Å². The van der Waals surface area contributed by atoms with Gasteiger partial charge >= 0.3 is 5.97 Å². The van der Waals surface area contributed by atoms with E-state index in [0.29, 0.717) is 5.69 Å². The van der Waals surface area contributed by atoms with Crippen LogP contribution in [0.2, 0.25) is 0 Å².